The standard InChI is InChI=1S/C11H16O2/c1-3-4-5-9-6-7-10(13-2)8-11(9)12/h3,8-9H,1,4-7H2,2H3. The van der Waals surface area contributed by atoms with Crippen molar-refractivity contribution in [1.29, 1.82) is 0 Å². The normalized spacial score (nSPS) is 22.4. The predicted molar refractivity (Wildman–Crippen MR) is 52.3 cm³/mol. The summed E-state index contributed by atoms with van der Waals surface area (Å²) in [5.74, 6) is 1.22. The van der Waals surface area contributed by atoms with E-state index < -0.39 is 0 Å². The minimum atomic E-state index is 0.192. The largest absolute Gasteiger partial charge is 0.501 e. The van der Waals surface area contributed by atoms with Gasteiger partial charge in [-0.15, -0.1) is 6.58 Å². The molecule has 0 fully saturated rings. The molecule has 0 saturated heterocycles. The van der Waals surface area contributed by atoms with E-state index in [-0.39, 0.29) is 11.7 Å². The maximum atomic E-state index is 11.5. The van der Waals surface area contributed by atoms with Gasteiger partial charge in [-0.2, -0.15) is 0 Å². The first kappa shape index (κ1) is 10.0. The van der Waals surface area contributed by atoms with Crippen LogP contribution in [0.15, 0.2) is 24.5 Å². The van der Waals surface area contributed by atoms with E-state index in [1.807, 2.05) is 6.08 Å². The number of hydrogen-bond donors (Lipinski definition) is 0. The summed E-state index contributed by atoms with van der Waals surface area (Å²) in [5, 5.41) is 0. The van der Waals surface area contributed by atoms with Crippen LogP contribution in [0.25, 0.3) is 0 Å². The highest BCUT2D eigenvalue weighted by molar-refractivity contribution is 5.92. The monoisotopic (exact) mass is 180 g/mol. The van der Waals surface area contributed by atoms with Gasteiger partial charge in [-0.1, -0.05) is 6.08 Å². The average Bonchev–Trinajstić information content (AvgIpc) is 2.16. The van der Waals surface area contributed by atoms with Crippen LogP contribution in [-0.4, -0.2) is 12.9 Å². The maximum Gasteiger partial charge on any atom is 0.162 e. The molecule has 0 aromatic rings. The van der Waals surface area contributed by atoms with Crippen LogP contribution in [0.5, 0.6) is 0 Å². The molecular weight excluding hydrogens is 164 g/mol. The van der Waals surface area contributed by atoms with Crippen LogP contribution in [0.4, 0.5) is 0 Å². The molecule has 0 aromatic heterocycles. The van der Waals surface area contributed by atoms with Crippen LogP contribution in [0, 0.1) is 5.92 Å². The molecule has 1 aliphatic rings. The van der Waals surface area contributed by atoms with Crippen molar-refractivity contribution in [2.75, 3.05) is 7.11 Å². The second kappa shape index (κ2) is 4.85. The molecule has 0 amide bonds. The summed E-state index contributed by atoms with van der Waals surface area (Å²) in [6.07, 6.45) is 7.17. The Kier molecular flexibility index (Phi) is 3.74. The second-order valence-corrected chi connectivity index (χ2v) is 3.32. The van der Waals surface area contributed by atoms with E-state index in [2.05, 4.69) is 6.58 Å². The van der Waals surface area contributed by atoms with Crippen molar-refractivity contribution in [3.63, 3.8) is 0 Å². The molecule has 0 aromatic carbocycles. The fourth-order valence-corrected chi connectivity index (χ4v) is 1.57. The summed E-state index contributed by atoms with van der Waals surface area (Å²) in [5.41, 5.74) is 0. The fraction of sp³-hybridized carbons (Fsp3) is 0.545. The van der Waals surface area contributed by atoms with Crippen LogP contribution >= 0.6 is 0 Å². The van der Waals surface area contributed by atoms with E-state index in [0.717, 1.165) is 31.4 Å². The van der Waals surface area contributed by atoms with Gasteiger partial charge in [-0.05, 0) is 19.3 Å². The zero-order valence-electron chi connectivity index (χ0n) is 8.08. The van der Waals surface area contributed by atoms with E-state index in [1.54, 1.807) is 13.2 Å². The lowest BCUT2D eigenvalue weighted by Crippen LogP contribution is -2.17. The molecule has 0 radical (unpaired) electrons. The number of hydrogen-bond acceptors (Lipinski definition) is 2. The molecule has 0 bridgehead atoms. The third-order valence-electron chi connectivity index (χ3n) is 2.43. The molecule has 1 atom stereocenters. The third kappa shape index (κ3) is 2.72. The number of ketones is 1. The highest BCUT2D eigenvalue weighted by Crippen LogP contribution is 2.24. The smallest absolute Gasteiger partial charge is 0.162 e. The molecular formula is C11H16O2. The predicted octanol–water partition coefficient (Wildman–Crippen LogP) is 2.46. The summed E-state index contributed by atoms with van der Waals surface area (Å²) >= 11 is 0. The first-order valence-electron chi connectivity index (χ1n) is 4.67. The Morgan fingerprint density at radius 1 is 1.77 bits per heavy atom. The summed E-state index contributed by atoms with van der Waals surface area (Å²) < 4.78 is 5.03. The van der Waals surface area contributed by atoms with Gasteiger partial charge in [0, 0.05) is 18.4 Å². The Labute approximate surface area is 79.3 Å². The van der Waals surface area contributed by atoms with Crippen molar-refractivity contribution >= 4 is 5.78 Å². The lowest BCUT2D eigenvalue weighted by Gasteiger charge is -2.19. The van der Waals surface area contributed by atoms with Crippen molar-refractivity contribution in [2.24, 2.45) is 5.92 Å². The highest BCUT2D eigenvalue weighted by Gasteiger charge is 2.21. The first-order valence-corrected chi connectivity index (χ1v) is 4.67. The number of ether oxygens (including phenoxy) is 1. The molecule has 2 heteroatoms. The van der Waals surface area contributed by atoms with Crippen molar-refractivity contribution in [1.82, 2.24) is 0 Å². The van der Waals surface area contributed by atoms with E-state index >= 15 is 0 Å². The van der Waals surface area contributed by atoms with Gasteiger partial charge < -0.3 is 4.74 Å². The van der Waals surface area contributed by atoms with Crippen LogP contribution in [0.1, 0.15) is 25.7 Å². The van der Waals surface area contributed by atoms with Gasteiger partial charge in [-0.3, -0.25) is 4.79 Å². The quantitative estimate of drug-likeness (QED) is 0.621. The number of rotatable bonds is 4. The molecule has 0 spiro atoms. The van der Waals surface area contributed by atoms with E-state index in [1.165, 1.54) is 0 Å². The molecule has 13 heavy (non-hydrogen) atoms. The summed E-state index contributed by atoms with van der Waals surface area (Å²) in [7, 11) is 1.61. The van der Waals surface area contributed by atoms with E-state index in [9.17, 15) is 4.79 Å². The average molecular weight is 180 g/mol. The first-order chi connectivity index (χ1) is 6.27. The molecule has 1 unspecified atom stereocenters. The molecule has 0 aliphatic heterocycles. The molecule has 2 nitrogen and oxygen atoms in total. The Balaban J connectivity index is 2.49. The summed E-state index contributed by atoms with van der Waals surface area (Å²) in [6.45, 7) is 3.65. The van der Waals surface area contributed by atoms with E-state index in [0.29, 0.717) is 0 Å². The Hall–Kier alpha value is -1.05. The lowest BCUT2D eigenvalue weighted by atomic mass is 9.88. The highest BCUT2D eigenvalue weighted by atomic mass is 16.5. The molecule has 1 rings (SSSR count). The van der Waals surface area contributed by atoms with Crippen LogP contribution in [0.3, 0.4) is 0 Å². The van der Waals surface area contributed by atoms with Crippen LogP contribution in [-0.2, 0) is 9.53 Å². The fourth-order valence-electron chi connectivity index (χ4n) is 1.57. The molecule has 0 heterocycles. The molecule has 1 aliphatic carbocycles. The van der Waals surface area contributed by atoms with Crippen molar-refractivity contribution in [3.8, 4) is 0 Å². The Bertz CT molecular complexity index is 228. The second-order valence-electron chi connectivity index (χ2n) is 3.32. The van der Waals surface area contributed by atoms with E-state index in [4.69, 9.17) is 4.74 Å². The van der Waals surface area contributed by atoms with Crippen LogP contribution in [0.2, 0.25) is 0 Å². The number of carbonyl (C=O) groups excluding carboxylic acids is 1. The zero-order chi connectivity index (χ0) is 9.68. The van der Waals surface area contributed by atoms with Gasteiger partial charge in [0.15, 0.2) is 5.78 Å². The minimum Gasteiger partial charge on any atom is -0.501 e. The van der Waals surface area contributed by atoms with Gasteiger partial charge >= 0.3 is 0 Å². The van der Waals surface area contributed by atoms with Gasteiger partial charge in [0.1, 0.15) is 0 Å². The van der Waals surface area contributed by atoms with Gasteiger partial charge in [0.2, 0.25) is 0 Å². The van der Waals surface area contributed by atoms with Crippen molar-refractivity contribution in [3.05, 3.63) is 24.5 Å². The Morgan fingerprint density at radius 3 is 3.08 bits per heavy atom. The molecule has 0 N–H and O–H groups in total. The zero-order valence-corrected chi connectivity index (χ0v) is 8.08. The SMILES string of the molecule is C=CCCC1CCC(OC)=CC1=O. The number of methoxy groups -OCH3 is 1. The topological polar surface area (TPSA) is 26.3 Å². The molecule has 0 saturated carbocycles. The van der Waals surface area contributed by atoms with Gasteiger partial charge in [0.05, 0.1) is 12.9 Å². The minimum absolute atomic E-state index is 0.192. The van der Waals surface area contributed by atoms with Gasteiger partial charge in [0.25, 0.3) is 0 Å². The van der Waals surface area contributed by atoms with Crippen molar-refractivity contribution in [2.45, 2.75) is 25.7 Å². The van der Waals surface area contributed by atoms with Crippen molar-refractivity contribution < 1.29 is 9.53 Å². The number of allylic oxidation sites excluding steroid dienone is 3. The Morgan fingerprint density at radius 2 is 2.54 bits per heavy atom. The molecule has 72 valence electrons. The van der Waals surface area contributed by atoms with Gasteiger partial charge in [-0.25, -0.2) is 0 Å². The lowest BCUT2D eigenvalue weighted by molar-refractivity contribution is -0.119. The third-order valence-corrected chi connectivity index (χ3v) is 2.43. The summed E-state index contributed by atoms with van der Waals surface area (Å²) in [4.78, 5) is 11.5. The summed E-state index contributed by atoms with van der Waals surface area (Å²) in [6, 6.07) is 0. The maximum absolute atomic E-state index is 11.5. The number of carbonyl (C=O) groups is 1. The van der Waals surface area contributed by atoms with Crippen LogP contribution < -0.4 is 0 Å².